The number of halogens is 2. The topological polar surface area (TPSA) is 35.5 Å². The first-order valence-electron chi connectivity index (χ1n) is 9.55. The van der Waals surface area contributed by atoms with Crippen molar-refractivity contribution in [1.82, 2.24) is 0 Å². The van der Waals surface area contributed by atoms with Gasteiger partial charge < -0.3 is 9.47 Å². The molecule has 0 bridgehead atoms. The van der Waals surface area contributed by atoms with E-state index in [1.54, 1.807) is 0 Å². The molecular weight excluding hydrogens is 314 g/mol. The molecule has 2 fully saturated rings. The number of ether oxygens (including phenoxy) is 2. The van der Waals surface area contributed by atoms with Gasteiger partial charge in [0.15, 0.2) is 12.3 Å². The Morgan fingerprint density at radius 2 is 2.00 bits per heavy atom. The molecule has 5 heteroatoms. The molecule has 3 nitrogen and oxygen atoms in total. The van der Waals surface area contributed by atoms with Crippen LogP contribution >= 0.6 is 0 Å². The molecule has 2 rings (SSSR count). The van der Waals surface area contributed by atoms with E-state index in [1.807, 2.05) is 6.92 Å². The van der Waals surface area contributed by atoms with E-state index in [-0.39, 0.29) is 18.4 Å². The van der Waals surface area contributed by atoms with Gasteiger partial charge in [-0.3, -0.25) is 4.79 Å². The maximum Gasteiger partial charge on any atom is 0.306 e. The molecule has 7 atom stereocenters. The number of carbonyl (C=O) groups is 1. The fraction of sp³-hybridized carbons (Fsp3) is 0.947. The summed E-state index contributed by atoms with van der Waals surface area (Å²) < 4.78 is 39.5. The second kappa shape index (κ2) is 9.12. The average molecular weight is 346 g/mol. The SMILES string of the molecule is CCCC(C)CCCC(=O)OC1CC2CCC(C)OC2C(F)C1F. The third kappa shape index (κ3) is 5.14. The molecule has 1 saturated carbocycles. The lowest BCUT2D eigenvalue weighted by Gasteiger charge is -2.44. The zero-order chi connectivity index (χ0) is 17.7. The highest BCUT2D eigenvalue weighted by Crippen LogP contribution is 2.40. The van der Waals surface area contributed by atoms with Crippen molar-refractivity contribution in [1.29, 1.82) is 0 Å². The van der Waals surface area contributed by atoms with Crippen molar-refractivity contribution < 1.29 is 23.0 Å². The number of hydrogen-bond donors (Lipinski definition) is 0. The van der Waals surface area contributed by atoms with Crippen molar-refractivity contribution in [2.75, 3.05) is 0 Å². The highest BCUT2D eigenvalue weighted by atomic mass is 19.2. The van der Waals surface area contributed by atoms with Crippen LogP contribution in [0.1, 0.15) is 72.1 Å². The third-order valence-corrected chi connectivity index (χ3v) is 5.45. The van der Waals surface area contributed by atoms with Crippen LogP contribution in [0, 0.1) is 11.8 Å². The first kappa shape index (κ1) is 19.6. The van der Waals surface area contributed by atoms with Crippen molar-refractivity contribution >= 4 is 5.97 Å². The van der Waals surface area contributed by atoms with Gasteiger partial charge in [0.25, 0.3) is 0 Å². The molecule has 1 aliphatic carbocycles. The van der Waals surface area contributed by atoms with Crippen LogP contribution < -0.4 is 0 Å². The lowest BCUT2D eigenvalue weighted by Crippen LogP contribution is -2.54. The monoisotopic (exact) mass is 346 g/mol. The maximum absolute atomic E-state index is 14.3. The summed E-state index contributed by atoms with van der Waals surface area (Å²) in [4.78, 5) is 12.0. The fourth-order valence-electron chi connectivity index (χ4n) is 4.04. The van der Waals surface area contributed by atoms with Gasteiger partial charge in [-0.15, -0.1) is 0 Å². The Morgan fingerprint density at radius 3 is 2.71 bits per heavy atom. The summed E-state index contributed by atoms with van der Waals surface area (Å²) >= 11 is 0. The highest BCUT2D eigenvalue weighted by Gasteiger charge is 2.49. The molecule has 2 aliphatic rings. The molecule has 0 N–H and O–H groups in total. The first-order valence-corrected chi connectivity index (χ1v) is 9.55. The Balaban J connectivity index is 1.78. The Bertz CT molecular complexity index is 402. The minimum Gasteiger partial charge on any atom is -0.459 e. The van der Waals surface area contributed by atoms with Gasteiger partial charge in [0, 0.05) is 6.42 Å². The molecule has 24 heavy (non-hydrogen) atoms. The number of hydrogen-bond acceptors (Lipinski definition) is 3. The van der Waals surface area contributed by atoms with Gasteiger partial charge in [-0.25, -0.2) is 8.78 Å². The summed E-state index contributed by atoms with van der Waals surface area (Å²) in [5.74, 6) is 0.136. The van der Waals surface area contributed by atoms with Crippen LogP contribution in [0.3, 0.4) is 0 Å². The Hall–Kier alpha value is -0.710. The number of esters is 1. The van der Waals surface area contributed by atoms with Gasteiger partial charge in [-0.1, -0.05) is 33.1 Å². The Kier molecular flexibility index (Phi) is 7.45. The summed E-state index contributed by atoms with van der Waals surface area (Å²) in [7, 11) is 0. The number of alkyl halides is 2. The number of rotatable bonds is 7. The second-order valence-electron chi connectivity index (χ2n) is 7.69. The Labute approximate surface area is 144 Å². The third-order valence-electron chi connectivity index (χ3n) is 5.45. The van der Waals surface area contributed by atoms with Gasteiger partial charge in [0.1, 0.15) is 6.10 Å². The predicted octanol–water partition coefficient (Wildman–Crippen LogP) is 4.77. The molecule has 1 saturated heterocycles. The molecule has 0 aromatic carbocycles. The van der Waals surface area contributed by atoms with Gasteiger partial charge >= 0.3 is 5.97 Å². The standard InChI is InChI=1S/C19H32F2O3/c1-4-6-12(2)7-5-8-16(22)24-15-11-14-10-9-13(3)23-19(14)18(21)17(15)20/h12-15,17-19H,4-11H2,1-3H3. The van der Waals surface area contributed by atoms with Crippen LogP contribution in [-0.2, 0) is 14.3 Å². The van der Waals surface area contributed by atoms with Gasteiger partial charge in [0.05, 0.1) is 12.2 Å². The average Bonchev–Trinajstić information content (AvgIpc) is 2.53. The normalized spacial score (nSPS) is 37.5. The van der Waals surface area contributed by atoms with Crippen LogP contribution in [0.4, 0.5) is 8.78 Å². The van der Waals surface area contributed by atoms with Crippen LogP contribution in [0.5, 0.6) is 0 Å². The Morgan fingerprint density at radius 1 is 1.25 bits per heavy atom. The predicted molar refractivity (Wildman–Crippen MR) is 89.3 cm³/mol. The van der Waals surface area contributed by atoms with E-state index in [1.165, 1.54) is 0 Å². The van der Waals surface area contributed by atoms with Crippen LogP contribution in [0.25, 0.3) is 0 Å². The van der Waals surface area contributed by atoms with Crippen LogP contribution in [0.15, 0.2) is 0 Å². The van der Waals surface area contributed by atoms with E-state index in [9.17, 15) is 13.6 Å². The van der Waals surface area contributed by atoms with E-state index in [0.717, 1.165) is 38.5 Å². The molecule has 0 aromatic heterocycles. The summed E-state index contributed by atoms with van der Waals surface area (Å²) in [6.07, 6.45) is 1.16. The fourth-order valence-corrected chi connectivity index (χ4v) is 4.04. The molecule has 0 amide bonds. The van der Waals surface area contributed by atoms with Crippen molar-refractivity contribution in [2.24, 2.45) is 11.8 Å². The summed E-state index contributed by atoms with van der Waals surface area (Å²) in [6, 6.07) is 0. The molecular formula is C19H32F2O3. The van der Waals surface area contributed by atoms with E-state index in [2.05, 4.69) is 13.8 Å². The maximum atomic E-state index is 14.3. The number of fused-ring (bicyclic) bond motifs is 1. The molecule has 0 spiro atoms. The lowest BCUT2D eigenvalue weighted by atomic mass is 9.77. The molecule has 0 aromatic rings. The molecule has 140 valence electrons. The lowest BCUT2D eigenvalue weighted by molar-refractivity contribution is -0.187. The van der Waals surface area contributed by atoms with E-state index < -0.39 is 30.5 Å². The molecule has 1 aliphatic heterocycles. The largest absolute Gasteiger partial charge is 0.459 e. The van der Waals surface area contributed by atoms with Crippen molar-refractivity contribution in [3.8, 4) is 0 Å². The van der Waals surface area contributed by atoms with E-state index >= 15 is 0 Å². The van der Waals surface area contributed by atoms with E-state index in [0.29, 0.717) is 12.3 Å². The quantitative estimate of drug-likeness (QED) is 0.623. The molecule has 0 radical (unpaired) electrons. The summed E-state index contributed by atoms with van der Waals surface area (Å²) in [5.41, 5.74) is 0. The number of carbonyl (C=O) groups excluding carboxylic acids is 1. The zero-order valence-electron chi connectivity index (χ0n) is 15.2. The van der Waals surface area contributed by atoms with Gasteiger partial charge in [-0.2, -0.15) is 0 Å². The minimum absolute atomic E-state index is 0.0269. The minimum atomic E-state index is -1.78. The second-order valence-corrected chi connectivity index (χ2v) is 7.69. The highest BCUT2D eigenvalue weighted by molar-refractivity contribution is 5.69. The summed E-state index contributed by atoms with van der Waals surface area (Å²) in [5, 5.41) is 0. The van der Waals surface area contributed by atoms with Crippen LogP contribution in [0.2, 0.25) is 0 Å². The van der Waals surface area contributed by atoms with Gasteiger partial charge in [0.2, 0.25) is 0 Å². The first-order chi connectivity index (χ1) is 11.4. The van der Waals surface area contributed by atoms with Crippen molar-refractivity contribution in [2.45, 2.75) is 103 Å². The molecule has 1 heterocycles. The van der Waals surface area contributed by atoms with Gasteiger partial charge in [-0.05, 0) is 44.4 Å². The smallest absolute Gasteiger partial charge is 0.306 e. The van der Waals surface area contributed by atoms with Crippen molar-refractivity contribution in [3.63, 3.8) is 0 Å². The van der Waals surface area contributed by atoms with Crippen LogP contribution in [-0.4, -0.2) is 36.6 Å². The van der Waals surface area contributed by atoms with E-state index in [4.69, 9.17) is 9.47 Å². The summed E-state index contributed by atoms with van der Waals surface area (Å²) in [6.45, 7) is 6.21. The molecule has 7 unspecified atom stereocenters. The zero-order valence-corrected chi connectivity index (χ0v) is 15.2. The van der Waals surface area contributed by atoms with Crippen molar-refractivity contribution in [3.05, 3.63) is 0 Å².